The van der Waals surface area contributed by atoms with Crippen LogP contribution >= 0.6 is 11.8 Å². The van der Waals surface area contributed by atoms with Crippen LogP contribution in [0.4, 0.5) is 0 Å². The van der Waals surface area contributed by atoms with Crippen LogP contribution in [0.3, 0.4) is 0 Å². The van der Waals surface area contributed by atoms with E-state index >= 15 is 0 Å². The molecule has 5 nitrogen and oxygen atoms in total. The lowest BCUT2D eigenvalue weighted by Gasteiger charge is -1.92. The third kappa shape index (κ3) is 2.60. The summed E-state index contributed by atoms with van der Waals surface area (Å²) >= 11 is 1.09. The van der Waals surface area contributed by atoms with Crippen molar-refractivity contribution in [1.82, 2.24) is 15.2 Å². The van der Waals surface area contributed by atoms with Crippen molar-refractivity contribution >= 4 is 17.7 Å². The molecule has 0 atom stereocenters. The molecule has 0 aliphatic heterocycles. The quantitative estimate of drug-likeness (QED) is 0.788. The number of thioether (sulfide) groups is 1. The minimum Gasteiger partial charge on any atom is -0.481 e. The number of rotatable bonds is 4. The van der Waals surface area contributed by atoms with E-state index in [4.69, 9.17) is 5.11 Å². The molecule has 2 aromatic rings. The fourth-order valence-electron chi connectivity index (χ4n) is 1.16. The summed E-state index contributed by atoms with van der Waals surface area (Å²) in [6.07, 6.45) is 0. The van der Waals surface area contributed by atoms with E-state index in [-0.39, 0.29) is 5.75 Å². The number of nitrogens with zero attached hydrogens (tertiary/aromatic N) is 2. The highest BCUT2D eigenvalue weighted by Crippen LogP contribution is 2.18. The van der Waals surface area contributed by atoms with Crippen molar-refractivity contribution in [3.05, 3.63) is 30.3 Å². The van der Waals surface area contributed by atoms with Gasteiger partial charge in [-0.05, 0) is 0 Å². The van der Waals surface area contributed by atoms with Crippen LogP contribution in [0.2, 0.25) is 0 Å². The van der Waals surface area contributed by atoms with E-state index in [0.717, 1.165) is 17.3 Å². The summed E-state index contributed by atoms with van der Waals surface area (Å²) in [5.41, 5.74) is 0.928. The lowest BCUT2D eigenvalue weighted by molar-refractivity contribution is -0.133. The van der Waals surface area contributed by atoms with Gasteiger partial charge in [0.05, 0.1) is 5.75 Å². The highest BCUT2D eigenvalue weighted by atomic mass is 32.2. The molecule has 0 fully saturated rings. The van der Waals surface area contributed by atoms with Gasteiger partial charge in [-0.25, -0.2) is 4.98 Å². The van der Waals surface area contributed by atoms with Crippen LogP contribution in [0, 0.1) is 0 Å². The Kier molecular flexibility index (Phi) is 3.21. The normalized spacial score (nSPS) is 10.2. The zero-order chi connectivity index (χ0) is 11.4. The van der Waals surface area contributed by atoms with Crippen molar-refractivity contribution in [3.8, 4) is 11.4 Å². The SMILES string of the molecule is O=C(O)CSc1n[nH]c(-c2ccccc2)n1. The summed E-state index contributed by atoms with van der Waals surface area (Å²) in [7, 11) is 0. The number of hydrogen-bond acceptors (Lipinski definition) is 4. The summed E-state index contributed by atoms with van der Waals surface area (Å²) in [4.78, 5) is 14.5. The molecule has 0 amide bonds. The molecule has 0 saturated heterocycles. The Hall–Kier alpha value is -1.82. The molecular formula is C10H9N3O2S. The zero-order valence-corrected chi connectivity index (χ0v) is 9.07. The van der Waals surface area contributed by atoms with E-state index in [9.17, 15) is 4.79 Å². The van der Waals surface area contributed by atoms with Crippen molar-refractivity contribution in [2.75, 3.05) is 5.75 Å². The summed E-state index contributed by atoms with van der Waals surface area (Å²) < 4.78 is 0. The highest BCUT2D eigenvalue weighted by molar-refractivity contribution is 7.99. The molecular weight excluding hydrogens is 226 g/mol. The first-order chi connectivity index (χ1) is 7.75. The number of aromatic amines is 1. The maximum absolute atomic E-state index is 10.4. The van der Waals surface area contributed by atoms with Crippen LogP contribution in [0.5, 0.6) is 0 Å². The number of aromatic nitrogens is 3. The molecule has 6 heteroatoms. The Labute approximate surface area is 95.9 Å². The van der Waals surface area contributed by atoms with Gasteiger partial charge < -0.3 is 5.11 Å². The maximum atomic E-state index is 10.4. The van der Waals surface area contributed by atoms with Crippen LogP contribution in [0.1, 0.15) is 0 Å². The average Bonchev–Trinajstić information content (AvgIpc) is 2.76. The summed E-state index contributed by atoms with van der Waals surface area (Å²) in [6.45, 7) is 0. The Morgan fingerprint density at radius 2 is 2.12 bits per heavy atom. The molecule has 1 aromatic heterocycles. The second kappa shape index (κ2) is 4.80. The second-order valence-corrected chi connectivity index (χ2v) is 3.96. The minimum absolute atomic E-state index is 0.0356. The smallest absolute Gasteiger partial charge is 0.313 e. The number of H-pyrrole nitrogens is 1. The molecule has 0 aliphatic carbocycles. The second-order valence-electron chi connectivity index (χ2n) is 3.02. The third-order valence-corrected chi connectivity index (χ3v) is 2.67. The van der Waals surface area contributed by atoms with Gasteiger partial charge >= 0.3 is 5.97 Å². The van der Waals surface area contributed by atoms with E-state index in [0.29, 0.717) is 11.0 Å². The zero-order valence-electron chi connectivity index (χ0n) is 8.25. The average molecular weight is 235 g/mol. The Bertz CT molecular complexity index is 484. The lowest BCUT2D eigenvalue weighted by atomic mass is 10.2. The van der Waals surface area contributed by atoms with E-state index in [1.54, 1.807) is 0 Å². The first-order valence-electron chi connectivity index (χ1n) is 4.58. The molecule has 0 aliphatic rings. The number of carboxylic acids is 1. The molecule has 0 radical (unpaired) electrons. The lowest BCUT2D eigenvalue weighted by Crippen LogP contribution is -1.97. The minimum atomic E-state index is -0.879. The van der Waals surface area contributed by atoms with Crippen LogP contribution in [0.15, 0.2) is 35.5 Å². The molecule has 1 aromatic carbocycles. The molecule has 2 N–H and O–H groups in total. The summed E-state index contributed by atoms with van der Waals surface area (Å²) in [5, 5.41) is 15.7. The largest absolute Gasteiger partial charge is 0.481 e. The molecule has 2 rings (SSSR count). The van der Waals surface area contributed by atoms with Crippen LogP contribution in [-0.4, -0.2) is 32.0 Å². The predicted octanol–water partition coefficient (Wildman–Crippen LogP) is 1.65. The molecule has 0 spiro atoms. The van der Waals surface area contributed by atoms with Crippen LogP contribution < -0.4 is 0 Å². The molecule has 1 heterocycles. The van der Waals surface area contributed by atoms with Gasteiger partial charge in [-0.2, -0.15) is 0 Å². The van der Waals surface area contributed by atoms with Gasteiger partial charge in [0, 0.05) is 5.56 Å². The van der Waals surface area contributed by atoms with Gasteiger partial charge in [0.2, 0.25) is 5.16 Å². The van der Waals surface area contributed by atoms with Gasteiger partial charge in [0.15, 0.2) is 5.82 Å². The number of carboxylic acid groups (broad SMARTS) is 1. The van der Waals surface area contributed by atoms with Crippen molar-refractivity contribution in [2.45, 2.75) is 5.16 Å². The van der Waals surface area contributed by atoms with Crippen molar-refractivity contribution < 1.29 is 9.90 Å². The van der Waals surface area contributed by atoms with Gasteiger partial charge in [-0.3, -0.25) is 9.89 Å². The Morgan fingerprint density at radius 3 is 2.81 bits per heavy atom. The maximum Gasteiger partial charge on any atom is 0.313 e. The van der Waals surface area contributed by atoms with Gasteiger partial charge in [0.25, 0.3) is 0 Å². The van der Waals surface area contributed by atoms with Crippen molar-refractivity contribution in [3.63, 3.8) is 0 Å². The molecule has 0 saturated carbocycles. The molecule has 82 valence electrons. The fraction of sp³-hybridized carbons (Fsp3) is 0.100. The monoisotopic (exact) mass is 235 g/mol. The number of hydrogen-bond donors (Lipinski definition) is 2. The van der Waals surface area contributed by atoms with Gasteiger partial charge in [-0.1, -0.05) is 42.1 Å². The Balaban J connectivity index is 2.11. The number of nitrogens with one attached hydrogen (secondary N) is 1. The molecule has 0 unspecified atom stereocenters. The van der Waals surface area contributed by atoms with Crippen molar-refractivity contribution in [2.24, 2.45) is 0 Å². The van der Waals surface area contributed by atoms with Crippen molar-refractivity contribution in [1.29, 1.82) is 0 Å². The van der Waals surface area contributed by atoms with Gasteiger partial charge in [-0.15, -0.1) is 5.10 Å². The number of benzene rings is 1. The predicted molar refractivity (Wildman–Crippen MR) is 60.2 cm³/mol. The topological polar surface area (TPSA) is 78.9 Å². The molecule has 16 heavy (non-hydrogen) atoms. The standard InChI is InChI=1S/C10H9N3O2S/c14-8(15)6-16-10-11-9(12-13-10)7-4-2-1-3-5-7/h1-5H,6H2,(H,14,15)(H,11,12,13). The van der Waals surface area contributed by atoms with Crippen LogP contribution in [0.25, 0.3) is 11.4 Å². The third-order valence-electron chi connectivity index (χ3n) is 1.84. The van der Waals surface area contributed by atoms with E-state index in [1.165, 1.54) is 0 Å². The first kappa shape index (κ1) is 10.7. The summed E-state index contributed by atoms with van der Waals surface area (Å²) in [5.74, 6) is -0.268. The number of carbonyl (C=O) groups is 1. The summed E-state index contributed by atoms with van der Waals surface area (Å²) in [6, 6.07) is 9.54. The van der Waals surface area contributed by atoms with E-state index in [2.05, 4.69) is 15.2 Å². The molecule has 0 bridgehead atoms. The highest BCUT2D eigenvalue weighted by Gasteiger charge is 2.07. The van der Waals surface area contributed by atoms with Crippen LogP contribution in [-0.2, 0) is 4.79 Å². The van der Waals surface area contributed by atoms with E-state index < -0.39 is 5.97 Å². The first-order valence-corrected chi connectivity index (χ1v) is 5.56. The van der Waals surface area contributed by atoms with Gasteiger partial charge in [0.1, 0.15) is 0 Å². The Morgan fingerprint density at radius 1 is 1.38 bits per heavy atom. The fourth-order valence-corrected chi connectivity index (χ4v) is 1.68. The number of aliphatic carboxylic acids is 1. The van der Waals surface area contributed by atoms with E-state index in [1.807, 2.05) is 30.3 Å².